The maximum absolute atomic E-state index is 12.9. The fraction of sp³-hybridized carbons (Fsp3) is 0.500. The lowest BCUT2D eigenvalue weighted by atomic mass is 9.95. The number of urea groups is 1. The first-order chi connectivity index (χ1) is 12.7. The van der Waals surface area contributed by atoms with E-state index in [1.807, 2.05) is 40.9 Å². The van der Waals surface area contributed by atoms with E-state index in [-0.39, 0.29) is 12.1 Å². The van der Waals surface area contributed by atoms with Gasteiger partial charge < -0.3 is 9.64 Å². The molecule has 6 nitrogen and oxygen atoms in total. The molecular formula is C20H26N4O2. The molecule has 0 spiro atoms. The average molecular weight is 354 g/mol. The highest BCUT2D eigenvalue weighted by atomic mass is 16.5. The van der Waals surface area contributed by atoms with E-state index in [0.717, 1.165) is 48.5 Å². The van der Waals surface area contributed by atoms with Crippen molar-refractivity contribution in [2.45, 2.75) is 51.1 Å². The highest BCUT2D eigenvalue weighted by molar-refractivity contribution is 5.90. The summed E-state index contributed by atoms with van der Waals surface area (Å²) in [5.74, 6) is 1.67. The van der Waals surface area contributed by atoms with Gasteiger partial charge in [0, 0.05) is 12.1 Å². The van der Waals surface area contributed by atoms with E-state index in [4.69, 9.17) is 4.74 Å². The van der Waals surface area contributed by atoms with Crippen molar-refractivity contribution in [3.05, 3.63) is 41.6 Å². The van der Waals surface area contributed by atoms with Gasteiger partial charge in [0.1, 0.15) is 11.6 Å². The third kappa shape index (κ3) is 3.04. The number of amides is 2. The summed E-state index contributed by atoms with van der Waals surface area (Å²) in [7, 11) is 1.66. The van der Waals surface area contributed by atoms with Crippen LogP contribution in [0.3, 0.4) is 0 Å². The van der Waals surface area contributed by atoms with E-state index in [0.29, 0.717) is 6.04 Å². The molecule has 4 rings (SSSR count). The third-order valence-electron chi connectivity index (χ3n) is 5.63. The number of methoxy groups -OCH3 is 1. The first kappa shape index (κ1) is 16.9. The Balaban J connectivity index is 1.49. The third-order valence-corrected chi connectivity index (χ3v) is 5.63. The minimum Gasteiger partial charge on any atom is -0.497 e. The number of nitrogens with zero attached hydrogens (tertiary/aromatic N) is 3. The molecule has 1 N–H and O–H groups in total. The Morgan fingerprint density at radius 3 is 2.77 bits per heavy atom. The van der Waals surface area contributed by atoms with Crippen LogP contribution in [0.25, 0.3) is 0 Å². The number of nitrogens with one attached hydrogen (secondary N) is 1. The molecule has 2 fully saturated rings. The molecule has 138 valence electrons. The fourth-order valence-corrected chi connectivity index (χ4v) is 4.03. The van der Waals surface area contributed by atoms with Crippen molar-refractivity contribution in [3.63, 3.8) is 0 Å². The topological polar surface area (TPSA) is 59.4 Å². The molecule has 1 aliphatic heterocycles. The molecule has 1 saturated heterocycles. The van der Waals surface area contributed by atoms with Gasteiger partial charge in [0.25, 0.3) is 0 Å². The molecule has 0 radical (unpaired) electrons. The molecule has 0 bridgehead atoms. The van der Waals surface area contributed by atoms with E-state index in [9.17, 15) is 4.79 Å². The summed E-state index contributed by atoms with van der Waals surface area (Å²) in [6, 6.07) is 8.43. The van der Waals surface area contributed by atoms with E-state index in [1.54, 1.807) is 7.11 Å². The Kier molecular flexibility index (Phi) is 4.57. The monoisotopic (exact) mass is 354 g/mol. The van der Waals surface area contributed by atoms with Crippen LogP contribution in [0.15, 0.2) is 30.5 Å². The molecule has 1 aromatic heterocycles. The summed E-state index contributed by atoms with van der Waals surface area (Å²) in [4.78, 5) is 14.8. The van der Waals surface area contributed by atoms with E-state index >= 15 is 0 Å². The second-order valence-electron chi connectivity index (χ2n) is 7.26. The second kappa shape index (κ2) is 7.02. The van der Waals surface area contributed by atoms with E-state index in [1.165, 1.54) is 12.8 Å². The van der Waals surface area contributed by atoms with Gasteiger partial charge in [0.05, 0.1) is 25.4 Å². The van der Waals surface area contributed by atoms with Crippen molar-refractivity contribution in [2.24, 2.45) is 0 Å². The summed E-state index contributed by atoms with van der Waals surface area (Å²) in [6.45, 7) is 2.77. The Morgan fingerprint density at radius 2 is 2.08 bits per heavy atom. The number of anilines is 1. The second-order valence-corrected chi connectivity index (χ2v) is 7.26. The zero-order valence-electron chi connectivity index (χ0n) is 15.4. The maximum Gasteiger partial charge on any atom is 0.323 e. The van der Waals surface area contributed by atoms with Gasteiger partial charge >= 0.3 is 6.03 Å². The highest BCUT2D eigenvalue weighted by Crippen LogP contribution is 2.36. The number of ether oxygens (including phenoxy) is 1. The van der Waals surface area contributed by atoms with Crippen LogP contribution >= 0.6 is 0 Å². The van der Waals surface area contributed by atoms with Crippen molar-refractivity contribution in [3.8, 4) is 5.75 Å². The molecule has 26 heavy (non-hydrogen) atoms. The number of hydrogen-bond acceptors (Lipinski definition) is 3. The summed E-state index contributed by atoms with van der Waals surface area (Å²) in [5, 5.41) is 7.64. The Hall–Kier alpha value is -2.50. The van der Waals surface area contributed by atoms with Crippen LogP contribution in [0.5, 0.6) is 5.75 Å². The normalized spacial score (nSPS) is 20.1. The van der Waals surface area contributed by atoms with Gasteiger partial charge in [-0.25, -0.2) is 9.48 Å². The molecule has 2 heterocycles. The molecule has 6 heteroatoms. The summed E-state index contributed by atoms with van der Waals surface area (Å²) < 4.78 is 7.33. The van der Waals surface area contributed by atoms with Crippen molar-refractivity contribution < 1.29 is 9.53 Å². The SMILES string of the molecule is COc1cccc([C@@H]2CCN2C(=O)Nc2c(C)cnn2C2CCCC2)c1. The minimum atomic E-state index is -0.0492. The van der Waals surface area contributed by atoms with Gasteiger partial charge in [-0.05, 0) is 43.9 Å². The molecule has 1 aliphatic carbocycles. The number of rotatable bonds is 4. The minimum absolute atomic E-state index is 0.0492. The molecule has 1 atom stereocenters. The number of benzene rings is 1. The first-order valence-corrected chi connectivity index (χ1v) is 9.43. The van der Waals surface area contributed by atoms with Gasteiger partial charge in [0.15, 0.2) is 0 Å². The van der Waals surface area contributed by atoms with Gasteiger partial charge in [-0.1, -0.05) is 25.0 Å². The Bertz CT molecular complexity index is 795. The fourth-order valence-electron chi connectivity index (χ4n) is 4.03. The van der Waals surface area contributed by atoms with E-state index in [2.05, 4.69) is 16.5 Å². The van der Waals surface area contributed by atoms with Crippen LogP contribution in [0, 0.1) is 6.92 Å². The highest BCUT2D eigenvalue weighted by Gasteiger charge is 2.34. The van der Waals surface area contributed by atoms with Crippen LogP contribution < -0.4 is 10.1 Å². The quantitative estimate of drug-likeness (QED) is 0.891. The standard InChI is InChI=1S/C20H26N4O2/c1-14-13-21-24(16-7-3-4-8-16)19(14)22-20(25)23-11-10-18(23)15-6-5-9-17(12-15)26-2/h5-6,9,12-13,16,18H,3-4,7-8,10-11H2,1-2H3,(H,22,25)/t18-/m0/s1. The van der Waals surface area contributed by atoms with Crippen LogP contribution in [0.1, 0.15) is 55.3 Å². The van der Waals surface area contributed by atoms with Gasteiger partial charge in [0.2, 0.25) is 0 Å². The molecule has 2 aliphatic rings. The van der Waals surface area contributed by atoms with Crippen LogP contribution in [0.2, 0.25) is 0 Å². The molecule has 0 unspecified atom stereocenters. The number of aryl methyl sites for hydroxylation is 1. The predicted molar refractivity (Wildman–Crippen MR) is 101 cm³/mol. The molecule has 1 aromatic carbocycles. The average Bonchev–Trinajstić information content (AvgIpc) is 3.25. The summed E-state index contributed by atoms with van der Waals surface area (Å²) in [6.07, 6.45) is 7.58. The zero-order chi connectivity index (χ0) is 18.1. The number of likely N-dealkylation sites (tertiary alicyclic amines) is 1. The van der Waals surface area contributed by atoms with Crippen molar-refractivity contribution in [1.82, 2.24) is 14.7 Å². The Morgan fingerprint density at radius 1 is 1.27 bits per heavy atom. The first-order valence-electron chi connectivity index (χ1n) is 9.43. The predicted octanol–water partition coefficient (Wildman–Crippen LogP) is 4.29. The zero-order valence-corrected chi connectivity index (χ0v) is 15.4. The lowest BCUT2D eigenvalue weighted by Crippen LogP contribution is -2.47. The number of carbonyl (C=O) groups excluding carboxylic acids is 1. The van der Waals surface area contributed by atoms with Crippen molar-refractivity contribution >= 4 is 11.8 Å². The number of aromatic nitrogens is 2. The van der Waals surface area contributed by atoms with Gasteiger partial charge in [-0.15, -0.1) is 0 Å². The van der Waals surface area contributed by atoms with Crippen LogP contribution in [-0.4, -0.2) is 34.4 Å². The van der Waals surface area contributed by atoms with Gasteiger partial charge in [-0.3, -0.25) is 5.32 Å². The molecule has 1 saturated carbocycles. The number of hydrogen-bond donors (Lipinski definition) is 1. The molecule has 2 aromatic rings. The summed E-state index contributed by atoms with van der Waals surface area (Å²) in [5.41, 5.74) is 2.13. The molecular weight excluding hydrogens is 328 g/mol. The maximum atomic E-state index is 12.9. The smallest absolute Gasteiger partial charge is 0.323 e. The molecule has 2 amide bonds. The van der Waals surface area contributed by atoms with Gasteiger partial charge in [-0.2, -0.15) is 5.10 Å². The van der Waals surface area contributed by atoms with E-state index < -0.39 is 0 Å². The van der Waals surface area contributed by atoms with Crippen LogP contribution in [-0.2, 0) is 0 Å². The van der Waals surface area contributed by atoms with Crippen molar-refractivity contribution in [1.29, 1.82) is 0 Å². The summed E-state index contributed by atoms with van der Waals surface area (Å²) >= 11 is 0. The van der Waals surface area contributed by atoms with Crippen LogP contribution in [0.4, 0.5) is 10.6 Å². The lowest BCUT2D eigenvalue weighted by Gasteiger charge is -2.41. The lowest BCUT2D eigenvalue weighted by molar-refractivity contribution is 0.126. The largest absolute Gasteiger partial charge is 0.497 e. The number of carbonyl (C=O) groups is 1. The Labute approximate surface area is 154 Å². The van der Waals surface area contributed by atoms with Crippen molar-refractivity contribution in [2.75, 3.05) is 19.0 Å².